The molecule has 0 spiro atoms. The van der Waals surface area contributed by atoms with Crippen molar-refractivity contribution in [3.05, 3.63) is 35.4 Å². The van der Waals surface area contributed by atoms with Gasteiger partial charge in [-0.15, -0.1) is 0 Å². The minimum Gasteiger partial charge on any atom is -0.333 e. The summed E-state index contributed by atoms with van der Waals surface area (Å²) in [5.41, 5.74) is 4.22. The number of aryl methyl sites for hydroxylation is 3. The van der Waals surface area contributed by atoms with Crippen LogP contribution in [0.2, 0.25) is 0 Å². The fourth-order valence-corrected chi connectivity index (χ4v) is 3.16. The molecule has 0 bridgehead atoms. The van der Waals surface area contributed by atoms with Crippen LogP contribution in [0.4, 0.5) is 0 Å². The van der Waals surface area contributed by atoms with Crippen molar-refractivity contribution in [1.29, 1.82) is 0 Å². The third-order valence-electron chi connectivity index (χ3n) is 3.93. The molecule has 27 heavy (non-hydrogen) atoms. The van der Waals surface area contributed by atoms with Crippen molar-refractivity contribution < 1.29 is 0 Å². The Morgan fingerprint density at radius 2 is 1.70 bits per heavy atom. The van der Waals surface area contributed by atoms with E-state index in [1.54, 1.807) is 29.7 Å². The molecule has 3 rings (SSSR count). The maximum absolute atomic E-state index is 4.48. The van der Waals surface area contributed by atoms with Crippen molar-refractivity contribution in [2.75, 3.05) is 12.5 Å². The predicted octanol–water partition coefficient (Wildman–Crippen LogP) is 4.52. The lowest BCUT2D eigenvalue weighted by atomic mass is 10.2. The van der Waals surface area contributed by atoms with Crippen LogP contribution in [0.5, 0.6) is 0 Å². The highest BCUT2D eigenvalue weighted by Crippen LogP contribution is 2.19. The zero-order valence-electron chi connectivity index (χ0n) is 16.7. The van der Waals surface area contributed by atoms with Crippen LogP contribution >= 0.6 is 23.5 Å². The van der Waals surface area contributed by atoms with Gasteiger partial charge in [0.15, 0.2) is 10.3 Å². The Morgan fingerprint density at radius 3 is 2.30 bits per heavy atom. The van der Waals surface area contributed by atoms with Crippen molar-refractivity contribution >= 4 is 34.6 Å². The van der Waals surface area contributed by atoms with E-state index in [1.165, 1.54) is 5.69 Å². The van der Waals surface area contributed by atoms with Gasteiger partial charge in [-0.25, -0.2) is 19.9 Å². The van der Waals surface area contributed by atoms with Gasteiger partial charge >= 0.3 is 0 Å². The van der Waals surface area contributed by atoms with E-state index in [4.69, 9.17) is 0 Å². The Kier molecular flexibility index (Phi) is 8.14. The number of fused-ring (bicyclic) bond motifs is 1. The van der Waals surface area contributed by atoms with Crippen molar-refractivity contribution in [2.24, 2.45) is 7.05 Å². The van der Waals surface area contributed by atoms with Gasteiger partial charge in [0.2, 0.25) is 0 Å². The van der Waals surface area contributed by atoms with Crippen molar-refractivity contribution in [3.8, 4) is 11.8 Å². The van der Waals surface area contributed by atoms with Crippen LogP contribution in [0.3, 0.4) is 0 Å². The van der Waals surface area contributed by atoms with E-state index in [0.717, 1.165) is 45.4 Å². The molecule has 5 nitrogen and oxygen atoms in total. The summed E-state index contributed by atoms with van der Waals surface area (Å²) in [4.78, 5) is 17.2. The van der Waals surface area contributed by atoms with Crippen LogP contribution in [0.25, 0.3) is 11.0 Å². The molecule has 0 aromatic carbocycles. The third kappa shape index (κ3) is 5.47. The summed E-state index contributed by atoms with van der Waals surface area (Å²) < 4.78 is 2.14. The lowest BCUT2D eigenvalue weighted by molar-refractivity contribution is 0.840. The van der Waals surface area contributed by atoms with Crippen molar-refractivity contribution in [2.45, 2.75) is 43.9 Å². The molecule has 0 saturated heterocycles. The topological polar surface area (TPSA) is 56.5 Å². The third-order valence-corrected chi connectivity index (χ3v) is 5.05. The minimum absolute atomic E-state index is 0.805. The Hall–Kier alpha value is -2.04. The molecule has 0 N–H and O–H groups in total. The SMILES string of the molecule is CCC#Cc1cnc(SC)nc1C.CCc1cc2cnc(SC)nc2n1C. The monoisotopic (exact) mass is 399 g/mol. The predicted molar refractivity (Wildman–Crippen MR) is 115 cm³/mol. The summed E-state index contributed by atoms with van der Waals surface area (Å²) in [5.74, 6) is 6.04. The van der Waals surface area contributed by atoms with E-state index < -0.39 is 0 Å². The van der Waals surface area contributed by atoms with E-state index in [1.807, 2.05) is 32.6 Å². The summed E-state index contributed by atoms with van der Waals surface area (Å²) in [7, 11) is 2.05. The molecule has 0 aliphatic rings. The van der Waals surface area contributed by atoms with Crippen LogP contribution in [-0.4, -0.2) is 37.0 Å². The Balaban J connectivity index is 0.000000194. The normalized spacial score (nSPS) is 10.1. The lowest BCUT2D eigenvalue weighted by Crippen LogP contribution is -1.96. The molecule has 3 aromatic rings. The number of rotatable bonds is 3. The first-order valence-corrected chi connectivity index (χ1v) is 11.2. The van der Waals surface area contributed by atoms with Crippen LogP contribution in [0, 0.1) is 18.8 Å². The van der Waals surface area contributed by atoms with Crippen LogP contribution in [0.1, 0.15) is 37.2 Å². The van der Waals surface area contributed by atoms with Gasteiger partial charge in [-0.2, -0.15) is 0 Å². The van der Waals surface area contributed by atoms with Gasteiger partial charge in [0.1, 0.15) is 5.65 Å². The molecular weight excluding hydrogens is 374 g/mol. The fourth-order valence-electron chi connectivity index (χ4n) is 2.44. The summed E-state index contributed by atoms with van der Waals surface area (Å²) in [6.45, 7) is 6.14. The van der Waals surface area contributed by atoms with Crippen LogP contribution in [-0.2, 0) is 13.5 Å². The number of thioether (sulfide) groups is 2. The summed E-state index contributed by atoms with van der Waals surface area (Å²) in [5, 5.41) is 2.77. The number of nitrogens with zero attached hydrogens (tertiary/aromatic N) is 5. The number of hydrogen-bond acceptors (Lipinski definition) is 6. The lowest BCUT2D eigenvalue weighted by Gasteiger charge is -2.00. The first kappa shape index (κ1) is 21.3. The molecule has 142 valence electrons. The second kappa shape index (κ2) is 10.3. The van der Waals surface area contributed by atoms with Crippen LogP contribution in [0.15, 0.2) is 28.8 Å². The van der Waals surface area contributed by atoms with Gasteiger partial charge in [-0.3, -0.25) is 0 Å². The van der Waals surface area contributed by atoms with Crippen LogP contribution < -0.4 is 0 Å². The average molecular weight is 400 g/mol. The highest BCUT2D eigenvalue weighted by atomic mass is 32.2. The molecule has 0 atom stereocenters. The molecule has 0 saturated carbocycles. The zero-order chi connectivity index (χ0) is 19.8. The minimum atomic E-state index is 0.805. The van der Waals surface area contributed by atoms with E-state index in [-0.39, 0.29) is 0 Å². The average Bonchev–Trinajstić information content (AvgIpc) is 3.02. The van der Waals surface area contributed by atoms with Crippen molar-refractivity contribution in [1.82, 2.24) is 24.5 Å². The van der Waals surface area contributed by atoms with Gasteiger partial charge in [0.05, 0.1) is 11.3 Å². The first-order valence-electron chi connectivity index (χ1n) is 8.75. The molecule has 3 aromatic heterocycles. The Labute approximate surface area is 169 Å². The second-order valence-corrected chi connectivity index (χ2v) is 7.24. The first-order chi connectivity index (χ1) is 13.0. The van der Waals surface area contributed by atoms with E-state index >= 15 is 0 Å². The molecule has 0 radical (unpaired) electrons. The number of hydrogen-bond donors (Lipinski definition) is 0. The summed E-state index contributed by atoms with van der Waals surface area (Å²) >= 11 is 3.12. The van der Waals surface area contributed by atoms with Gasteiger partial charge in [-0.1, -0.05) is 49.2 Å². The van der Waals surface area contributed by atoms with E-state index in [0.29, 0.717) is 0 Å². The molecule has 0 amide bonds. The van der Waals surface area contributed by atoms with Gasteiger partial charge < -0.3 is 4.57 Å². The van der Waals surface area contributed by atoms with Gasteiger partial charge in [-0.05, 0) is 31.9 Å². The van der Waals surface area contributed by atoms with E-state index in [2.05, 4.69) is 56.4 Å². The fraction of sp³-hybridized carbons (Fsp3) is 0.400. The largest absolute Gasteiger partial charge is 0.333 e. The molecule has 3 heterocycles. The zero-order valence-corrected chi connectivity index (χ0v) is 18.3. The summed E-state index contributed by atoms with van der Waals surface area (Å²) in [6.07, 6.45) is 9.53. The molecule has 0 aliphatic heterocycles. The molecule has 0 fully saturated rings. The van der Waals surface area contributed by atoms with E-state index in [9.17, 15) is 0 Å². The molecule has 7 heteroatoms. The molecular formula is C20H25N5S2. The number of aromatic nitrogens is 5. The summed E-state index contributed by atoms with van der Waals surface area (Å²) in [6, 6.07) is 2.15. The highest BCUT2D eigenvalue weighted by Gasteiger charge is 2.06. The van der Waals surface area contributed by atoms with Gasteiger partial charge in [0, 0.05) is 36.9 Å². The molecule has 0 aliphatic carbocycles. The maximum atomic E-state index is 4.48. The standard InChI is InChI=1S/C10H13N3S.C10H12N2S/c1-4-8-5-7-6-11-10(14-3)12-9(7)13(8)2;1-4-5-6-9-7-11-10(13-3)12-8(9)2/h5-6H,4H2,1-3H3;7H,4H2,1-3H3. The Bertz CT molecular complexity index is 970. The molecule has 0 unspecified atom stereocenters. The Morgan fingerprint density at radius 1 is 1.04 bits per heavy atom. The highest BCUT2D eigenvalue weighted by molar-refractivity contribution is 7.98. The maximum Gasteiger partial charge on any atom is 0.189 e. The van der Waals surface area contributed by atoms with Gasteiger partial charge in [0.25, 0.3) is 0 Å². The quantitative estimate of drug-likeness (QED) is 0.367. The second-order valence-electron chi connectivity index (χ2n) is 5.70. The smallest absolute Gasteiger partial charge is 0.189 e. The van der Waals surface area contributed by atoms with Crippen molar-refractivity contribution in [3.63, 3.8) is 0 Å².